The van der Waals surface area contributed by atoms with Gasteiger partial charge in [0.15, 0.2) is 0 Å². The molecular formula is C10H11FN2O3. The second-order valence-corrected chi connectivity index (χ2v) is 3.20. The molecule has 0 aliphatic rings. The van der Waals surface area contributed by atoms with E-state index >= 15 is 0 Å². The van der Waals surface area contributed by atoms with Crippen molar-refractivity contribution >= 4 is 17.7 Å². The third-order valence-corrected chi connectivity index (χ3v) is 2.07. The van der Waals surface area contributed by atoms with E-state index in [1.165, 1.54) is 25.1 Å². The van der Waals surface area contributed by atoms with Crippen molar-refractivity contribution in [3.63, 3.8) is 0 Å². The molecule has 0 aliphatic heterocycles. The molecule has 0 spiro atoms. The van der Waals surface area contributed by atoms with E-state index in [9.17, 15) is 14.0 Å². The predicted octanol–water partition coefficient (Wildman–Crippen LogP) is 1.18. The maximum atomic E-state index is 12.9. The van der Waals surface area contributed by atoms with Crippen molar-refractivity contribution < 1.29 is 19.1 Å². The molecule has 0 saturated heterocycles. The van der Waals surface area contributed by atoms with E-state index < -0.39 is 23.9 Å². The van der Waals surface area contributed by atoms with Crippen LogP contribution in [0.25, 0.3) is 0 Å². The van der Waals surface area contributed by atoms with Crippen molar-refractivity contribution in [1.29, 1.82) is 0 Å². The van der Waals surface area contributed by atoms with Gasteiger partial charge in [0.2, 0.25) is 0 Å². The van der Waals surface area contributed by atoms with Gasteiger partial charge in [-0.05, 0) is 25.1 Å². The Bertz CT molecular complexity index is 422. The molecule has 1 aromatic carbocycles. The Kier molecular flexibility index (Phi) is 3.44. The van der Waals surface area contributed by atoms with E-state index in [2.05, 4.69) is 0 Å². The molecule has 6 heteroatoms. The van der Waals surface area contributed by atoms with E-state index in [1.54, 1.807) is 0 Å². The maximum Gasteiger partial charge on any atom is 0.326 e. The SMILES string of the molecule is C[C@H](C(=O)O)N(C(N)=O)c1cccc(F)c1. The quantitative estimate of drug-likeness (QED) is 0.811. The van der Waals surface area contributed by atoms with Crippen molar-refractivity contribution in [2.24, 2.45) is 5.73 Å². The Hall–Kier alpha value is -2.11. The monoisotopic (exact) mass is 226 g/mol. The van der Waals surface area contributed by atoms with Crippen LogP contribution in [-0.2, 0) is 4.79 Å². The third-order valence-electron chi connectivity index (χ3n) is 2.07. The van der Waals surface area contributed by atoms with Crippen LogP contribution in [0.1, 0.15) is 6.92 Å². The molecule has 0 aliphatic carbocycles. The molecule has 2 amide bonds. The number of anilines is 1. The highest BCUT2D eigenvalue weighted by molar-refractivity contribution is 5.96. The van der Waals surface area contributed by atoms with Gasteiger partial charge >= 0.3 is 12.0 Å². The topological polar surface area (TPSA) is 83.6 Å². The highest BCUT2D eigenvalue weighted by Crippen LogP contribution is 2.18. The lowest BCUT2D eigenvalue weighted by molar-refractivity contribution is -0.138. The lowest BCUT2D eigenvalue weighted by atomic mass is 10.2. The number of urea groups is 1. The summed E-state index contributed by atoms with van der Waals surface area (Å²) in [5.74, 6) is -1.79. The van der Waals surface area contributed by atoms with Crippen LogP contribution in [0.4, 0.5) is 14.9 Å². The van der Waals surface area contributed by atoms with Crippen LogP contribution in [0.15, 0.2) is 24.3 Å². The predicted molar refractivity (Wildman–Crippen MR) is 55.6 cm³/mol. The minimum atomic E-state index is -1.22. The molecule has 0 aromatic heterocycles. The molecule has 0 heterocycles. The first-order chi connectivity index (χ1) is 7.43. The number of halogens is 1. The van der Waals surface area contributed by atoms with Gasteiger partial charge in [0.05, 0.1) is 0 Å². The number of carbonyl (C=O) groups is 2. The highest BCUT2D eigenvalue weighted by atomic mass is 19.1. The molecule has 0 radical (unpaired) electrons. The van der Waals surface area contributed by atoms with E-state index in [1.807, 2.05) is 0 Å². The van der Waals surface area contributed by atoms with Gasteiger partial charge in [0.1, 0.15) is 11.9 Å². The zero-order valence-electron chi connectivity index (χ0n) is 8.55. The van der Waals surface area contributed by atoms with Crippen LogP contribution >= 0.6 is 0 Å². The Morgan fingerprint density at radius 1 is 1.50 bits per heavy atom. The molecule has 16 heavy (non-hydrogen) atoms. The summed E-state index contributed by atoms with van der Waals surface area (Å²) in [7, 11) is 0. The number of primary amides is 1. The molecular weight excluding hydrogens is 215 g/mol. The van der Waals surface area contributed by atoms with Crippen molar-refractivity contribution in [3.05, 3.63) is 30.1 Å². The number of nitrogens with zero attached hydrogens (tertiary/aromatic N) is 1. The lowest BCUT2D eigenvalue weighted by Gasteiger charge is -2.24. The fourth-order valence-corrected chi connectivity index (χ4v) is 1.28. The first-order valence-corrected chi connectivity index (χ1v) is 4.50. The van der Waals surface area contributed by atoms with Crippen molar-refractivity contribution in [2.45, 2.75) is 13.0 Å². The number of benzene rings is 1. The van der Waals surface area contributed by atoms with Gasteiger partial charge in [0.25, 0.3) is 0 Å². The zero-order chi connectivity index (χ0) is 12.3. The molecule has 0 fully saturated rings. The summed E-state index contributed by atoms with van der Waals surface area (Å²) >= 11 is 0. The fourth-order valence-electron chi connectivity index (χ4n) is 1.28. The summed E-state index contributed by atoms with van der Waals surface area (Å²) in [5.41, 5.74) is 5.17. The molecule has 5 nitrogen and oxygen atoms in total. The Labute approximate surface area is 91.3 Å². The minimum Gasteiger partial charge on any atom is -0.480 e. The van der Waals surface area contributed by atoms with E-state index in [4.69, 9.17) is 10.8 Å². The average Bonchev–Trinajstić information content (AvgIpc) is 2.17. The van der Waals surface area contributed by atoms with Gasteiger partial charge < -0.3 is 10.8 Å². The summed E-state index contributed by atoms with van der Waals surface area (Å²) in [4.78, 5) is 22.7. The van der Waals surface area contributed by atoms with Crippen LogP contribution in [0, 0.1) is 5.82 Å². The Morgan fingerprint density at radius 2 is 2.12 bits per heavy atom. The number of rotatable bonds is 3. The number of aliphatic carboxylic acids is 1. The number of carbonyl (C=O) groups excluding carboxylic acids is 1. The normalized spacial score (nSPS) is 11.9. The fraction of sp³-hybridized carbons (Fsp3) is 0.200. The Morgan fingerprint density at radius 3 is 2.56 bits per heavy atom. The first kappa shape index (κ1) is 12.0. The highest BCUT2D eigenvalue weighted by Gasteiger charge is 2.25. The van der Waals surface area contributed by atoms with E-state index in [0.29, 0.717) is 0 Å². The molecule has 0 saturated carbocycles. The third kappa shape index (κ3) is 2.47. The zero-order valence-corrected chi connectivity index (χ0v) is 8.55. The van der Waals surface area contributed by atoms with Gasteiger partial charge in [-0.2, -0.15) is 0 Å². The van der Waals surface area contributed by atoms with E-state index in [-0.39, 0.29) is 5.69 Å². The summed E-state index contributed by atoms with van der Waals surface area (Å²) in [6.07, 6.45) is 0. The van der Waals surface area contributed by atoms with Gasteiger partial charge in [-0.25, -0.2) is 14.0 Å². The summed E-state index contributed by atoms with van der Waals surface area (Å²) in [5, 5.41) is 8.79. The number of amides is 2. The van der Waals surface area contributed by atoms with Crippen LogP contribution in [-0.4, -0.2) is 23.1 Å². The molecule has 3 N–H and O–H groups in total. The number of nitrogens with two attached hydrogens (primary N) is 1. The number of carboxylic acids is 1. The van der Waals surface area contributed by atoms with Gasteiger partial charge in [-0.1, -0.05) is 6.07 Å². The van der Waals surface area contributed by atoms with Crippen molar-refractivity contribution in [2.75, 3.05) is 4.90 Å². The number of carboxylic acid groups (broad SMARTS) is 1. The summed E-state index contributed by atoms with van der Waals surface area (Å²) in [6.45, 7) is 1.29. The van der Waals surface area contributed by atoms with Crippen LogP contribution in [0.5, 0.6) is 0 Å². The average molecular weight is 226 g/mol. The van der Waals surface area contributed by atoms with Crippen molar-refractivity contribution in [3.8, 4) is 0 Å². The molecule has 1 atom stereocenters. The lowest BCUT2D eigenvalue weighted by Crippen LogP contribution is -2.46. The van der Waals surface area contributed by atoms with Gasteiger partial charge in [0, 0.05) is 5.69 Å². The van der Waals surface area contributed by atoms with Crippen molar-refractivity contribution in [1.82, 2.24) is 0 Å². The second-order valence-electron chi connectivity index (χ2n) is 3.20. The second kappa shape index (κ2) is 4.61. The Balaban J connectivity index is 3.12. The molecule has 1 aromatic rings. The number of hydrogen-bond donors (Lipinski definition) is 2. The molecule has 1 rings (SSSR count). The summed E-state index contributed by atoms with van der Waals surface area (Å²) in [6, 6.07) is 2.92. The van der Waals surface area contributed by atoms with Gasteiger partial charge in [-0.15, -0.1) is 0 Å². The standard InChI is InChI=1S/C10H11FN2O3/c1-6(9(14)15)13(10(12)16)8-4-2-3-7(11)5-8/h2-6H,1H3,(H2,12,16)(H,14,15)/t6-/m1/s1. The molecule has 86 valence electrons. The number of hydrogen-bond acceptors (Lipinski definition) is 2. The largest absolute Gasteiger partial charge is 0.480 e. The minimum absolute atomic E-state index is 0.113. The maximum absolute atomic E-state index is 12.9. The molecule has 0 unspecified atom stereocenters. The van der Waals surface area contributed by atoms with E-state index in [0.717, 1.165) is 11.0 Å². The first-order valence-electron chi connectivity index (χ1n) is 4.50. The summed E-state index contributed by atoms with van der Waals surface area (Å²) < 4.78 is 12.9. The van der Waals surface area contributed by atoms with Gasteiger partial charge in [-0.3, -0.25) is 4.90 Å². The van der Waals surface area contributed by atoms with Crippen LogP contribution < -0.4 is 10.6 Å². The van der Waals surface area contributed by atoms with Crippen LogP contribution in [0.3, 0.4) is 0 Å². The van der Waals surface area contributed by atoms with Crippen LogP contribution in [0.2, 0.25) is 0 Å². The molecule has 0 bridgehead atoms. The smallest absolute Gasteiger partial charge is 0.326 e.